The van der Waals surface area contributed by atoms with Crippen molar-refractivity contribution in [3.8, 4) is 0 Å². The molecule has 0 heterocycles. The van der Waals surface area contributed by atoms with Crippen molar-refractivity contribution in [3.63, 3.8) is 0 Å². The van der Waals surface area contributed by atoms with Crippen LogP contribution in [-0.2, 0) is 15.3 Å². The van der Waals surface area contributed by atoms with Crippen LogP contribution in [0.4, 0.5) is 15.8 Å². The SMILES string of the molecule is CC(=O)Nc1cccc(NC(=O)CSCc2c(F)cccc2Cl)c1. The Kier molecular flexibility index (Phi) is 6.63. The van der Waals surface area contributed by atoms with Crippen LogP contribution in [0.15, 0.2) is 42.5 Å². The Morgan fingerprint density at radius 1 is 1.12 bits per heavy atom. The van der Waals surface area contributed by atoms with Gasteiger partial charge in [0.15, 0.2) is 0 Å². The summed E-state index contributed by atoms with van der Waals surface area (Å²) in [6.07, 6.45) is 0. The number of anilines is 2. The Hall–Kier alpha value is -2.05. The van der Waals surface area contributed by atoms with E-state index >= 15 is 0 Å². The number of nitrogens with one attached hydrogen (secondary N) is 2. The predicted octanol–water partition coefficient (Wildman–Crippen LogP) is 4.31. The Bertz CT molecular complexity index is 735. The van der Waals surface area contributed by atoms with Gasteiger partial charge in [0.05, 0.1) is 5.75 Å². The fraction of sp³-hybridized carbons (Fsp3) is 0.176. The maximum absolute atomic E-state index is 13.6. The number of halogens is 2. The van der Waals surface area contributed by atoms with Gasteiger partial charge in [0.25, 0.3) is 0 Å². The highest BCUT2D eigenvalue weighted by Gasteiger charge is 2.09. The summed E-state index contributed by atoms with van der Waals surface area (Å²) in [7, 11) is 0. The van der Waals surface area contributed by atoms with E-state index < -0.39 is 0 Å². The van der Waals surface area contributed by atoms with Crippen molar-refractivity contribution in [3.05, 3.63) is 58.9 Å². The maximum Gasteiger partial charge on any atom is 0.234 e. The van der Waals surface area contributed by atoms with Gasteiger partial charge < -0.3 is 10.6 Å². The summed E-state index contributed by atoms with van der Waals surface area (Å²) in [4.78, 5) is 23.0. The van der Waals surface area contributed by atoms with Crippen LogP contribution in [0.25, 0.3) is 0 Å². The van der Waals surface area contributed by atoms with E-state index in [-0.39, 0.29) is 23.4 Å². The highest BCUT2D eigenvalue weighted by Crippen LogP contribution is 2.24. The minimum absolute atomic E-state index is 0.162. The molecule has 24 heavy (non-hydrogen) atoms. The molecular weight excluding hydrogens is 351 g/mol. The molecule has 0 bridgehead atoms. The molecule has 0 aliphatic carbocycles. The van der Waals surface area contributed by atoms with Crippen LogP contribution in [0.2, 0.25) is 5.02 Å². The summed E-state index contributed by atoms with van der Waals surface area (Å²) in [6.45, 7) is 1.41. The molecule has 2 aromatic carbocycles. The number of benzene rings is 2. The molecule has 0 aliphatic heterocycles. The van der Waals surface area contributed by atoms with Crippen molar-refractivity contribution in [2.75, 3.05) is 16.4 Å². The van der Waals surface area contributed by atoms with E-state index in [9.17, 15) is 14.0 Å². The van der Waals surface area contributed by atoms with Gasteiger partial charge in [-0.2, -0.15) is 0 Å². The van der Waals surface area contributed by atoms with Gasteiger partial charge in [-0.3, -0.25) is 9.59 Å². The zero-order valence-corrected chi connectivity index (χ0v) is 14.5. The van der Waals surface area contributed by atoms with Gasteiger partial charge in [-0.25, -0.2) is 4.39 Å². The van der Waals surface area contributed by atoms with Gasteiger partial charge >= 0.3 is 0 Å². The highest BCUT2D eigenvalue weighted by atomic mass is 35.5. The fourth-order valence-electron chi connectivity index (χ4n) is 1.99. The predicted molar refractivity (Wildman–Crippen MR) is 96.9 cm³/mol. The van der Waals surface area contributed by atoms with Gasteiger partial charge in [0, 0.05) is 34.6 Å². The molecule has 4 nitrogen and oxygen atoms in total. The molecule has 0 aliphatic rings. The topological polar surface area (TPSA) is 58.2 Å². The molecule has 2 amide bonds. The van der Waals surface area contributed by atoms with Crippen LogP contribution in [0.1, 0.15) is 12.5 Å². The Morgan fingerprint density at radius 2 is 1.79 bits per heavy atom. The molecular formula is C17H16ClFN2O2S. The second-order valence-corrected chi connectivity index (χ2v) is 6.40. The lowest BCUT2D eigenvalue weighted by Crippen LogP contribution is -2.14. The first-order valence-electron chi connectivity index (χ1n) is 7.14. The van der Waals surface area contributed by atoms with E-state index in [1.54, 1.807) is 36.4 Å². The molecule has 7 heteroatoms. The molecule has 2 N–H and O–H groups in total. The summed E-state index contributed by atoms with van der Waals surface area (Å²) in [5, 5.41) is 5.73. The Labute approximate surface area is 148 Å². The molecule has 2 aromatic rings. The van der Waals surface area contributed by atoms with E-state index in [0.29, 0.717) is 27.7 Å². The first-order chi connectivity index (χ1) is 11.5. The molecule has 126 valence electrons. The normalized spacial score (nSPS) is 10.3. The summed E-state index contributed by atoms with van der Waals surface area (Å²) in [6, 6.07) is 11.3. The van der Waals surface area contributed by atoms with Crippen LogP contribution in [0.3, 0.4) is 0 Å². The van der Waals surface area contributed by atoms with Crippen molar-refractivity contribution in [1.82, 2.24) is 0 Å². The summed E-state index contributed by atoms with van der Waals surface area (Å²) in [5.41, 5.74) is 1.58. The van der Waals surface area contributed by atoms with Gasteiger partial charge in [-0.15, -0.1) is 11.8 Å². The molecule has 0 spiro atoms. The number of rotatable bonds is 6. The largest absolute Gasteiger partial charge is 0.326 e. The van der Waals surface area contributed by atoms with E-state index in [0.717, 1.165) is 0 Å². The lowest BCUT2D eigenvalue weighted by atomic mass is 10.2. The Morgan fingerprint density at radius 3 is 2.46 bits per heavy atom. The molecule has 0 radical (unpaired) electrons. The summed E-state index contributed by atoms with van der Waals surface area (Å²) >= 11 is 7.22. The van der Waals surface area contributed by atoms with Crippen molar-refractivity contribution in [1.29, 1.82) is 0 Å². The third-order valence-electron chi connectivity index (χ3n) is 3.01. The third kappa shape index (κ3) is 5.54. The standard InChI is InChI=1S/C17H16ClFN2O2S/c1-11(22)20-12-4-2-5-13(8-12)21-17(23)10-24-9-14-15(18)6-3-7-16(14)19/h2-8H,9-10H2,1H3,(H,20,22)(H,21,23). The molecule has 0 saturated heterocycles. The van der Waals surface area contributed by atoms with E-state index in [2.05, 4.69) is 10.6 Å². The zero-order valence-electron chi connectivity index (χ0n) is 12.9. The van der Waals surface area contributed by atoms with Gasteiger partial charge in [-0.1, -0.05) is 23.7 Å². The molecule has 2 rings (SSSR count). The quantitative estimate of drug-likeness (QED) is 0.800. The number of amides is 2. The van der Waals surface area contributed by atoms with Crippen molar-refractivity contribution in [2.45, 2.75) is 12.7 Å². The monoisotopic (exact) mass is 366 g/mol. The van der Waals surface area contributed by atoms with Crippen LogP contribution >= 0.6 is 23.4 Å². The molecule has 0 fully saturated rings. The lowest BCUT2D eigenvalue weighted by molar-refractivity contribution is -0.114. The average Bonchev–Trinajstić information content (AvgIpc) is 2.50. The molecule has 0 unspecified atom stereocenters. The van der Waals surface area contributed by atoms with E-state index in [4.69, 9.17) is 11.6 Å². The van der Waals surface area contributed by atoms with Gasteiger partial charge in [-0.05, 0) is 30.3 Å². The molecule has 0 atom stereocenters. The van der Waals surface area contributed by atoms with Crippen LogP contribution < -0.4 is 10.6 Å². The lowest BCUT2D eigenvalue weighted by Gasteiger charge is -2.08. The van der Waals surface area contributed by atoms with Crippen LogP contribution in [-0.4, -0.2) is 17.6 Å². The first kappa shape index (κ1) is 18.3. The second-order valence-electron chi connectivity index (χ2n) is 5.00. The number of thioether (sulfide) groups is 1. The average molecular weight is 367 g/mol. The number of hydrogen-bond donors (Lipinski definition) is 2. The van der Waals surface area contributed by atoms with Crippen LogP contribution in [0.5, 0.6) is 0 Å². The van der Waals surface area contributed by atoms with Crippen molar-refractivity contribution < 1.29 is 14.0 Å². The van der Waals surface area contributed by atoms with Crippen molar-refractivity contribution in [2.24, 2.45) is 0 Å². The van der Waals surface area contributed by atoms with Crippen molar-refractivity contribution >= 4 is 46.6 Å². The highest BCUT2D eigenvalue weighted by molar-refractivity contribution is 7.99. The van der Waals surface area contributed by atoms with E-state index in [1.807, 2.05) is 0 Å². The smallest absolute Gasteiger partial charge is 0.234 e. The second kappa shape index (κ2) is 8.70. The first-order valence-corrected chi connectivity index (χ1v) is 8.67. The fourth-order valence-corrected chi connectivity index (χ4v) is 3.16. The Balaban J connectivity index is 1.86. The molecule has 0 aromatic heterocycles. The summed E-state index contributed by atoms with van der Waals surface area (Å²) in [5.74, 6) is -0.304. The zero-order chi connectivity index (χ0) is 17.5. The van der Waals surface area contributed by atoms with Gasteiger partial charge in [0.1, 0.15) is 5.82 Å². The maximum atomic E-state index is 13.6. The number of carbonyl (C=O) groups is 2. The van der Waals surface area contributed by atoms with Gasteiger partial charge in [0.2, 0.25) is 11.8 Å². The number of carbonyl (C=O) groups excluding carboxylic acids is 2. The van der Waals surface area contributed by atoms with Crippen LogP contribution in [0, 0.1) is 5.82 Å². The number of hydrogen-bond acceptors (Lipinski definition) is 3. The summed E-state index contributed by atoms with van der Waals surface area (Å²) < 4.78 is 13.6. The third-order valence-corrected chi connectivity index (χ3v) is 4.32. The minimum Gasteiger partial charge on any atom is -0.326 e. The van der Waals surface area contributed by atoms with E-state index in [1.165, 1.54) is 24.8 Å². The molecule has 0 saturated carbocycles. The minimum atomic E-state index is -0.376.